The van der Waals surface area contributed by atoms with Gasteiger partial charge in [-0.2, -0.15) is 0 Å². The number of carbonyl (C=O) groups excluding carboxylic acids is 1. The van der Waals surface area contributed by atoms with E-state index in [1.807, 2.05) is 36.4 Å². The minimum Gasteiger partial charge on any atom is -0.451 e. The monoisotopic (exact) mass is 382 g/mol. The molecule has 2 heterocycles. The van der Waals surface area contributed by atoms with Crippen LogP contribution in [0.4, 0.5) is 11.4 Å². The smallest absolute Gasteiger partial charge is 0.291 e. The first kappa shape index (κ1) is 17.6. The van der Waals surface area contributed by atoms with Crippen LogP contribution < -0.4 is 10.2 Å². The van der Waals surface area contributed by atoms with Crippen LogP contribution in [0.5, 0.6) is 0 Å². The minimum atomic E-state index is -0.283. The van der Waals surface area contributed by atoms with Crippen molar-refractivity contribution in [1.29, 1.82) is 0 Å². The molecule has 1 amide bonds. The van der Waals surface area contributed by atoms with Crippen LogP contribution in [0.2, 0.25) is 5.02 Å². The lowest BCUT2D eigenvalue weighted by Crippen LogP contribution is -2.36. The van der Waals surface area contributed by atoms with Crippen molar-refractivity contribution in [2.24, 2.45) is 0 Å². The molecule has 1 aromatic heterocycles. The summed E-state index contributed by atoms with van der Waals surface area (Å²) in [6.45, 7) is 3.13. The van der Waals surface area contributed by atoms with Crippen molar-refractivity contribution < 1.29 is 13.9 Å². The van der Waals surface area contributed by atoms with Crippen molar-refractivity contribution in [3.63, 3.8) is 0 Å². The highest BCUT2D eigenvalue weighted by atomic mass is 35.5. The topological polar surface area (TPSA) is 54.7 Å². The lowest BCUT2D eigenvalue weighted by molar-refractivity contribution is 0.0997. The molecule has 1 saturated heterocycles. The molecule has 4 rings (SSSR count). The van der Waals surface area contributed by atoms with Crippen molar-refractivity contribution in [2.75, 3.05) is 36.5 Å². The van der Waals surface area contributed by atoms with Crippen LogP contribution in [0.1, 0.15) is 10.6 Å². The summed E-state index contributed by atoms with van der Waals surface area (Å²) in [5.74, 6) is 0.602. The lowest BCUT2D eigenvalue weighted by atomic mass is 10.2. The second-order valence-corrected chi connectivity index (χ2v) is 6.71. The van der Waals surface area contributed by atoms with Crippen LogP contribution >= 0.6 is 11.6 Å². The molecule has 6 heteroatoms. The number of rotatable bonds is 4. The fourth-order valence-electron chi connectivity index (χ4n) is 3.02. The van der Waals surface area contributed by atoms with E-state index in [9.17, 15) is 4.79 Å². The molecule has 0 spiro atoms. The highest BCUT2D eigenvalue weighted by Gasteiger charge is 2.15. The van der Waals surface area contributed by atoms with E-state index in [-0.39, 0.29) is 11.7 Å². The Morgan fingerprint density at radius 1 is 1.00 bits per heavy atom. The molecular formula is C21H19ClN2O3. The Morgan fingerprint density at radius 3 is 2.56 bits per heavy atom. The molecular weight excluding hydrogens is 364 g/mol. The summed E-state index contributed by atoms with van der Waals surface area (Å²) in [5.41, 5.74) is 2.67. The van der Waals surface area contributed by atoms with E-state index in [0.29, 0.717) is 10.8 Å². The van der Waals surface area contributed by atoms with Gasteiger partial charge in [0.2, 0.25) is 0 Å². The zero-order valence-corrected chi connectivity index (χ0v) is 15.4. The van der Waals surface area contributed by atoms with Crippen molar-refractivity contribution >= 4 is 28.9 Å². The first-order valence-corrected chi connectivity index (χ1v) is 9.17. The molecule has 1 fully saturated rings. The summed E-state index contributed by atoms with van der Waals surface area (Å²) in [6, 6.07) is 18.5. The van der Waals surface area contributed by atoms with Crippen molar-refractivity contribution in [3.05, 3.63) is 71.4 Å². The van der Waals surface area contributed by atoms with Crippen LogP contribution in [0.15, 0.2) is 65.1 Å². The predicted octanol–water partition coefficient (Wildman–Crippen LogP) is 4.69. The molecule has 27 heavy (non-hydrogen) atoms. The molecule has 2 aromatic carbocycles. The van der Waals surface area contributed by atoms with Gasteiger partial charge < -0.3 is 19.4 Å². The molecule has 5 nitrogen and oxygen atoms in total. The summed E-state index contributed by atoms with van der Waals surface area (Å²) in [4.78, 5) is 14.8. The van der Waals surface area contributed by atoms with Crippen LogP contribution in [0.3, 0.4) is 0 Å². The van der Waals surface area contributed by atoms with Gasteiger partial charge in [0.05, 0.1) is 13.2 Å². The summed E-state index contributed by atoms with van der Waals surface area (Å²) in [7, 11) is 0. The highest BCUT2D eigenvalue weighted by molar-refractivity contribution is 6.30. The fraction of sp³-hybridized carbons (Fsp3) is 0.190. The van der Waals surface area contributed by atoms with Gasteiger partial charge in [-0.3, -0.25) is 4.79 Å². The maximum atomic E-state index is 12.5. The number of nitrogens with zero attached hydrogens (tertiary/aromatic N) is 1. The van der Waals surface area contributed by atoms with Gasteiger partial charge in [-0.15, -0.1) is 0 Å². The second kappa shape index (κ2) is 7.86. The quantitative estimate of drug-likeness (QED) is 0.711. The number of nitrogens with one attached hydrogen (secondary N) is 1. The van der Waals surface area contributed by atoms with Gasteiger partial charge >= 0.3 is 0 Å². The van der Waals surface area contributed by atoms with Crippen LogP contribution in [-0.2, 0) is 4.74 Å². The third-order valence-corrected chi connectivity index (χ3v) is 4.69. The van der Waals surface area contributed by atoms with E-state index in [1.54, 1.807) is 24.3 Å². The summed E-state index contributed by atoms with van der Waals surface area (Å²) in [5, 5.41) is 3.56. The third-order valence-electron chi connectivity index (χ3n) is 4.44. The van der Waals surface area contributed by atoms with Gasteiger partial charge in [0, 0.05) is 35.1 Å². The Morgan fingerprint density at radius 2 is 1.78 bits per heavy atom. The Balaban J connectivity index is 1.47. The normalized spacial score (nSPS) is 14.2. The first-order chi connectivity index (χ1) is 13.2. The van der Waals surface area contributed by atoms with Crippen LogP contribution in [-0.4, -0.2) is 32.2 Å². The van der Waals surface area contributed by atoms with Gasteiger partial charge in [0.1, 0.15) is 5.76 Å². The molecule has 0 bridgehead atoms. The van der Waals surface area contributed by atoms with E-state index < -0.39 is 0 Å². The number of anilines is 2. The Bertz CT molecular complexity index is 931. The molecule has 1 aliphatic heterocycles. The molecule has 3 aromatic rings. The fourth-order valence-corrected chi connectivity index (χ4v) is 3.15. The largest absolute Gasteiger partial charge is 0.451 e. The van der Waals surface area contributed by atoms with Crippen LogP contribution in [0, 0.1) is 0 Å². The summed E-state index contributed by atoms with van der Waals surface area (Å²) >= 11 is 5.91. The number of benzene rings is 2. The molecule has 138 valence electrons. The Hall–Kier alpha value is -2.76. The average Bonchev–Trinajstić information content (AvgIpc) is 3.20. The number of morpholine rings is 1. The van der Waals surface area contributed by atoms with Gasteiger partial charge in [0.25, 0.3) is 5.91 Å². The number of ether oxygens (including phenoxy) is 1. The molecule has 0 aliphatic carbocycles. The average molecular weight is 383 g/mol. The Kier molecular flexibility index (Phi) is 5.14. The zero-order valence-electron chi connectivity index (χ0n) is 14.7. The van der Waals surface area contributed by atoms with E-state index in [4.69, 9.17) is 20.8 Å². The lowest BCUT2D eigenvalue weighted by Gasteiger charge is -2.29. The van der Waals surface area contributed by atoms with Crippen molar-refractivity contribution in [2.45, 2.75) is 0 Å². The summed E-state index contributed by atoms with van der Waals surface area (Å²) < 4.78 is 11.1. The molecule has 0 saturated carbocycles. The zero-order chi connectivity index (χ0) is 18.6. The van der Waals surface area contributed by atoms with E-state index >= 15 is 0 Å². The number of halogens is 1. The van der Waals surface area contributed by atoms with Gasteiger partial charge in [-0.05, 0) is 54.6 Å². The maximum Gasteiger partial charge on any atom is 0.291 e. The third kappa shape index (κ3) is 4.15. The Labute approximate surface area is 162 Å². The van der Waals surface area contributed by atoms with Crippen molar-refractivity contribution in [3.8, 4) is 11.3 Å². The highest BCUT2D eigenvalue weighted by Crippen LogP contribution is 2.25. The van der Waals surface area contributed by atoms with Crippen LogP contribution in [0.25, 0.3) is 11.3 Å². The molecule has 1 aliphatic rings. The van der Waals surface area contributed by atoms with E-state index in [0.717, 1.165) is 43.2 Å². The molecule has 1 N–H and O–H groups in total. The number of hydrogen-bond donors (Lipinski definition) is 1. The minimum absolute atomic E-state index is 0.261. The second-order valence-electron chi connectivity index (χ2n) is 6.27. The van der Waals surface area contributed by atoms with Crippen molar-refractivity contribution in [1.82, 2.24) is 0 Å². The first-order valence-electron chi connectivity index (χ1n) is 8.79. The number of hydrogen-bond acceptors (Lipinski definition) is 4. The summed E-state index contributed by atoms with van der Waals surface area (Å²) in [6.07, 6.45) is 0. The van der Waals surface area contributed by atoms with Gasteiger partial charge in [-0.1, -0.05) is 17.7 Å². The van der Waals surface area contributed by atoms with E-state index in [2.05, 4.69) is 10.2 Å². The van der Waals surface area contributed by atoms with Gasteiger partial charge in [-0.25, -0.2) is 0 Å². The molecule has 0 atom stereocenters. The van der Waals surface area contributed by atoms with Gasteiger partial charge in [0.15, 0.2) is 5.76 Å². The molecule has 0 unspecified atom stereocenters. The molecule has 0 radical (unpaired) electrons. The predicted molar refractivity (Wildman–Crippen MR) is 107 cm³/mol. The maximum absolute atomic E-state index is 12.5. The SMILES string of the molecule is O=C(Nc1cccc(N2CCOCC2)c1)c1ccc(-c2ccc(Cl)cc2)o1. The number of amides is 1. The standard InChI is InChI=1S/C21H19ClN2O3/c22-16-6-4-15(5-7-16)19-8-9-20(27-19)21(25)23-17-2-1-3-18(14-17)24-10-12-26-13-11-24/h1-9,14H,10-13H2,(H,23,25). The van der Waals surface area contributed by atoms with E-state index in [1.165, 1.54) is 0 Å². The number of furan rings is 1. The number of carbonyl (C=O) groups is 1.